The van der Waals surface area contributed by atoms with Gasteiger partial charge in [-0.2, -0.15) is 26.3 Å². The highest BCUT2D eigenvalue weighted by atomic mass is 19.4. The van der Waals surface area contributed by atoms with Crippen LogP contribution >= 0.6 is 0 Å². The van der Waals surface area contributed by atoms with E-state index in [4.69, 9.17) is 0 Å². The molecule has 1 fully saturated rings. The minimum Gasteiger partial charge on any atom is -0.351 e. The molecule has 0 N–H and O–H groups in total. The van der Waals surface area contributed by atoms with Crippen molar-refractivity contribution in [2.24, 2.45) is 5.92 Å². The van der Waals surface area contributed by atoms with Crippen LogP contribution in [0.1, 0.15) is 12.8 Å². The highest BCUT2D eigenvalue weighted by molar-refractivity contribution is 5.74. The Morgan fingerprint density at radius 2 is 1.47 bits per heavy atom. The van der Waals surface area contributed by atoms with Crippen molar-refractivity contribution in [3.05, 3.63) is 0 Å². The van der Waals surface area contributed by atoms with E-state index in [-0.39, 0.29) is 12.8 Å². The number of halogens is 6. The Bertz CT molecular complexity index is 241. The lowest BCUT2D eigenvalue weighted by molar-refractivity contribution is -0.467. The predicted molar refractivity (Wildman–Crippen MR) is 32.8 cm³/mol. The zero-order valence-electron chi connectivity index (χ0n) is 7.02. The maximum Gasteiger partial charge on any atom is 0.500 e. The molecule has 1 saturated carbocycles. The molecule has 0 heterocycles. The molecule has 0 aliphatic heterocycles. The Labute approximate surface area is 79.5 Å². The third-order valence-electron chi connectivity index (χ3n) is 1.55. The Morgan fingerprint density at radius 3 is 1.73 bits per heavy atom. The SMILES string of the molecule is O=C(ON(C(F)(F)F)C(F)(F)F)C1CC1. The van der Waals surface area contributed by atoms with E-state index in [2.05, 4.69) is 4.84 Å². The molecule has 0 atom stereocenters. The average Bonchev–Trinajstić information content (AvgIpc) is 2.76. The second-order valence-electron chi connectivity index (χ2n) is 2.91. The number of hydrogen-bond acceptors (Lipinski definition) is 3. The van der Waals surface area contributed by atoms with Crippen LogP contribution in [0.25, 0.3) is 0 Å². The summed E-state index contributed by atoms with van der Waals surface area (Å²) in [5.41, 5.74) is 0. The number of nitrogens with zero attached hydrogens (tertiary/aromatic N) is 1. The molecule has 1 rings (SSSR count). The molecule has 0 aromatic carbocycles. The van der Waals surface area contributed by atoms with Gasteiger partial charge in [0.2, 0.25) is 0 Å². The fraction of sp³-hybridized carbons (Fsp3) is 0.833. The van der Waals surface area contributed by atoms with E-state index in [0.717, 1.165) is 0 Å². The molecule has 0 spiro atoms. The topological polar surface area (TPSA) is 29.5 Å². The lowest BCUT2D eigenvalue weighted by Gasteiger charge is -2.24. The fourth-order valence-corrected chi connectivity index (χ4v) is 0.731. The van der Waals surface area contributed by atoms with Crippen molar-refractivity contribution >= 4 is 5.97 Å². The molecule has 15 heavy (non-hydrogen) atoms. The van der Waals surface area contributed by atoms with Crippen molar-refractivity contribution in [3.63, 3.8) is 0 Å². The summed E-state index contributed by atoms with van der Waals surface area (Å²) in [5, 5.41) is -2.19. The van der Waals surface area contributed by atoms with Crippen molar-refractivity contribution in [1.82, 2.24) is 5.06 Å². The summed E-state index contributed by atoms with van der Waals surface area (Å²) in [6.45, 7) is 0. The van der Waals surface area contributed by atoms with Gasteiger partial charge in [0.1, 0.15) is 0 Å². The van der Waals surface area contributed by atoms with Crippen LogP contribution < -0.4 is 0 Å². The summed E-state index contributed by atoms with van der Waals surface area (Å²) in [6, 6.07) is 0. The van der Waals surface area contributed by atoms with Crippen LogP contribution in [0.2, 0.25) is 0 Å². The molecule has 0 radical (unpaired) electrons. The van der Waals surface area contributed by atoms with Crippen molar-refractivity contribution in [1.29, 1.82) is 0 Å². The van der Waals surface area contributed by atoms with Crippen LogP contribution in [0.4, 0.5) is 26.3 Å². The van der Waals surface area contributed by atoms with E-state index < -0.39 is 29.6 Å². The minimum atomic E-state index is -5.79. The van der Waals surface area contributed by atoms with Gasteiger partial charge in [0.15, 0.2) is 0 Å². The number of carbonyl (C=O) groups excluding carboxylic acids is 1. The van der Waals surface area contributed by atoms with Crippen LogP contribution in [0.3, 0.4) is 0 Å². The van der Waals surface area contributed by atoms with Gasteiger partial charge >= 0.3 is 18.6 Å². The summed E-state index contributed by atoms with van der Waals surface area (Å²) in [7, 11) is 0. The quantitative estimate of drug-likeness (QED) is 0.419. The average molecular weight is 237 g/mol. The zero-order chi connectivity index (χ0) is 11.9. The second-order valence-corrected chi connectivity index (χ2v) is 2.91. The summed E-state index contributed by atoms with van der Waals surface area (Å²) >= 11 is 0. The number of hydroxylamine groups is 2. The Balaban J connectivity index is 2.68. The van der Waals surface area contributed by atoms with Crippen molar-refractivity contribution in [3.8, 4) is 0 Å². The van der Waals surface area contributed by atoms with Crippen LogP contribution in [0.5, 0.6) is 0 Å². The van der Waals surface area contributed by atoms with Crippen LogP contribution in [-0.2, 0) is 9.63 Å². The van der Waals surface area contributed by atoms with Gasteiger partial charge in [-0.1, -0.05) is 0 Å². The Hall–Kier alpha value is -0.990. The third-order valence-corrected chi connectivity index (χ3v) is 1.55. The number of rotatable bonds is 2. The van der Waals surface area contributed by atoms with Gasteiger partial charge in [-0.25, -0.2) is 0 Å². The van der Waals surface area contributed by atoms with Gasteiger partial charge in [-0.05, 0) is 12.8 Å². The van der Waals surface area contributed by atoms with E-state index in [1.807, 2.05) is 0 Å². The fourth-order valence-electron chi connectivity index (χ4n) is 0.731. The van der Waals surface area contributed by atoms with Crippen LogP contribution in [0.15, 0.2) is 0 Å². The van der Waals surface area contributed by atoms with Gasteiger partial charge in [0, 0.05) is 0 Å². The minimum absolute atomic E-state index is 0.252. The zero-order valence-corrected chi connectivity index (χ0v) is 7.02. The molecule has 0 amide bonds. The molecule has 1 aliphatic carbocycles. The molecule has 0 bridgehead atoms. The lowest BCUT2D eigenvalue weighted by atomic mass is 10.4. The predicted octanol–water partition coefficient (Wildman–Crippen LogP) is 2.20. The highest BCUT2D eigenvalue weighted by Crippen LogP contribution is 2.37. The van der Waals surface area contributed by atoms with Crippen molar-refractivity contribution < 1.29 is 36.0 Å². The van der Waals surface area contributed by atoms with Crippen LogP contribution in [0, 0.1) is 5.92 Å². The molecule has 3 nitrogen and oxygen atoms in total. The van der Waals surface area contributed by atoms with E-state index in [0.29, 0.717) is 0 Å². The summed E-state index contributed by atoms with van der Waals surface area (Å²) in [6.07, 6.45) is -11.1. The van der Waals surface area contributed by atoms with Crippen LogP contribution in [-0.4, -0.2) is 23.6 Å². The number of hydrogen-bond donors (Lipinski definition) is 0. The summed E-state index contributed by atoms with van der Waals surface area (Å²) in [4.78, 5) is 13.9. The van der Waals surface area contributed by atoms with E-state index in [9.17, 15) is 31.1 Å². The molecular formula is C6H5F6NO2. The van der Waals surface area contributed by atoms with Gasteiger partial charge in [0.25, 0.3) is 0 Å². The van der Waals surface area contributed by atoms with Crippen molar-refractivity contribution in [2.75, 3.05) is 0 Å². The monoisotopic (exact) mass is 237 g/mol. The molecule has 0 unspecified atom stereocenters. The van der Waals surface area contributed by atoms with E-state index >= 15 is 0 Å². The molecular weight excluding hydrogens is 232 g/mol. The van der Waals surface area contributed by atoms with Gasteiger partial charge in [0.05, 0.1) is 11.0 Å². The standard InChI is InChI=1S/C6H5F6NO2/c7-5(8,9)13(6(10,11)12)15-4(14)3-1-2-3/h3H,1-2H2. The first kappa shape index (κ1) is 12.1. The molecule has 88 valence electrons. The number of carbonyl (C=O) groups is 1. The normalized spacial score (nSPS) is 18.1. The van der Waals surface area contributed by atoms with Gasteiger partial charge in [-0.3, -0.25) is 4.79 Å². The first-order valence-electron chi connectivity index (χ1n) is 3.78. The molecule has 0 aromatic rings. The van der Waals surface area contributed by atoms with Crippen molar-refractivity contribution in [2.45, 2.75) is 25.4 Å². The summed E-state index contributed by atoms with van der Waals surface area (Å²) in [5.74, 6) is -2.36. The smallest absolute Gasteiger partial charge is 0.351 e. The maximum absolute atomic E-state index is 11.8. The first-order valence-corrected chi connectivity index (χ1v) is 3.78. The third kappa shape index (κ3) is 3.26. The highest BCUT2D eigenvalue weighted by Gasteiger charge is 2.58. The lowest BCUT2D eigenvalue weighted by Crippen LogP contribution is -2.49. The summed E-state index contributed by atoms with van der Waals surface area (Å²) < 4.78 is 70.7. The Morgan fingerprint density at radius 1 is 1.07 bits per heavy atom. The number of alkyl halides is 6. The van der Waals surface area contributed by atoms with E-state index in [1.54, 1.807) is 0 Å². The first-order chi connectivity index (χ1) is 6.62. The van der Waals surface area contributed by atoms with Gasteiger partial charge in [-0.15, -0.1) is 0 Å². The Kier molecular flexibility index (Phi) is 2.85. The molecule has 0 aromatic heterocycles. The van der Waals surface area contributed by atoms with Gasteiger partial charge < -0.3 is 4.84 Å². The maximum atomic E-state index is 11.8. The largest absolute Gasteiger partial charge is 0.500 e. The molecule has 1 aliphatic rings. The molecule has 0 saturated heterocycles. The second kappa shape index (κ2) is 3.54. The molecule has 9 heteroatoms. The van der Waals surface area contributed by atoms with E-state index in [1.165, 1.54) is 0 Å².